The van der Waals surface area contributed by atoms with Gasteiger partial charge < -0.3 is 4.74 Å². The van der Waals surface area contributed by atoms with Gasteiger partial charge >= 0.3 is 5.97 Å². The van der Waals surface area contributed by atoms with Gasteiger partial charge in [0.1, 0.15) is 23.5 Å². The van der Waals surface area contributed by atoms with Crippen LogP contribution in [-0.4, -0.2) is 15.9 Å². The number of esters is 1. The minimum absolute atomic E-state index is 0.0733. The van der Waals surface area contributed by atoms with Gasteiger partial charge in [0.2, 0.25) is 0 Å². The molecule has 1 aromatic carbocycles. The van der Waals surface area contributed by atoms with Crippen LogP contribution < -0.4 is 4.74 Å². The highest BCUT2D eigenvalue weighted by molar-refractivity contribution is 5.75. The molecule has 5 nitrogen and oxygen atoms in total. The van der Waals surface area contributed by atoms with E-state index >= 15 is 0 Å². The number of nitriles is 1. The number of benzene rings is 1. The molecule has 1 aliphatic rings. The van der Waals surface area contributed by atoms with Crippen molar-refractivity contribution in [3.8, 4) is 11.8 Å². The van der Waals surface area contributed by atoms with E-state index in [4.69, 9.17) is 10.00 Å². The predicted octanol–water partition coefficient (Wildman–Crippen LogP) is 4.49. The first kappa shape index (κ1) is 19.7. The van der Waals surface area contributed by atoms with E-state index in [1.807, 2.05) is 18.5 Å². The monoisotopic (exact) mass is 379 g/mol. The van der Waals surface area contributed by atoms with E-state index in [1.165, 1.54) is 12.1 Å². The molecule has 1 heterocycles. The van der Waals surface area contributed by atoms with Gasteiger partial charge in [0.15, 0.2) is 0 Å². The number of carbonyl (C=O) groups is 1. The van der Waals surface area contributed by atoms with Crippen LogP contribution in [0.2, 0.25) is 0 Å². The molecular weight excluding hydrogens is 357 g/mol. The van der Waals surface area contributed by atoms with E-state index in [1.54, 1.807) is 6.07 Å². The van der Waals surface area contributed by atoms with E-state index in [2.05, 4.69) is 16.5 Å². The Morgan fingerprint density at radius 1 is 1.29 bits per heavy atom. The van der Waals surface area contributed by atoms with Gasteiger partial charge in [-0.2, -0.15) is 5.26 Å². The van der Waals surface area contributed by atoms with Crippen LogP contribution in [0.4, 0.5) is 4.39 Å². The standard InChI is InChI=1S/C22H22FN3O2/c1-2-3-4-15-13-25-21(26-14-15)16-5-7-17(8-6-16)22(27)28-19-10-9-18(12-24)20(23)11-19/h2,9-11,13-14,16-17H,1,3-8H2. The molecule has 0 spiro atoms. The lowest BCUT2D eigenvalue weighted by atomic mass is 9.81. The lowest BCUT2D eigenvalue weighted by molar-refractivity contribution is -0.140. The van der Waals surface area contributed by atoms with Gasteiger partial charge in [-0.15, -0.1) is 6.58 Å². The summed E-state index contributed by atoms with van der Waals surface area (Å²) in [6, 6.07) is 5.56. The summed E-state index contributed by atoms with van der Waals surface area (Å²) in [7, 11) is 0. The molecule has 0 amide bonds. The van der Waals surface area contributed by atoms with Crippen molar-refractivity contribution in [2.45, 2.75) is 44.4 Å². The van der Waals surface area contributed by atoms with Gasteiger partial charge in [-0.25, -0.2) is 14.4 Å². The predicted molar refractivity (Wildman–Crippen MR) is 102 cm³/mol. The Labute approximate surface area is 163 Å². The fourth-order valence-electron chi connectivity index (χ4n) is 3.41. The van der Waals surface area contributed by atoms with Crippen LogP contribution in [0.5, 0.6) is 5.75 Å². The summed E-state index contributed by atoms with van der Waals surface area (Å²) in [5.74, 6) is -0.0782. The fourth-order valence-corrected chi connectivity index (χ4v) is 3.41. The van der Waals surface area contributed by atoms with Gasteiger partial charge in [0, 0.05) is 24.4 Å². The Bertz CT molecular complexity index is 882. The largest absolute Gasteiger partial charge is 0.426 e. The molecule has 1 saturated carbocycles. The normalized spacial score (nSPS) is 18.9. The molecule has 0 atom stereocenters. The Hall–Kier alpha value is -3.07. The second kappa shape index (κ2) is 9.23. The zero-order valence-corrected chi connectivity index (χ0v) is 15.6. The van der Waals surface area contributed by atoms with E-state index in [-0.39, 0.29) is 29.1 Å². The summed E-state index contributed by atoms with van der Waals surface area (Å²) in [5, 5.41) is 8.76. The van der Waals surface area contributed by atoms with Crippen molar-refractivity contribution in [2.24, 2.45) is 5.92 Å². The molecule has 3 rings (SSSR count). The van der Waals surface area contributed by atoms with E-state index < -0.39 is 5.82 Å². The van der Waals surface area contributed by atoms with Crippen molar-refractivity contribution >= 4 is 5.97 Å². The maximum Gasteiger partial charge on any atom is 0.314 e. The van der Waals surface area contributed by atoms with Gasteiger partial charge in [0.25, 0.3) is 0 Å². The van der Waals surface area contributed by atoms with E-state index in [9.17, 15) is 9.18 Å². The topological polar surface area (TPSA) is 75.9 Å². The molecule has 0 unspecified atom stereocenters. The smallest absolute Gasteiger partial charge is 0.314 e. The fraction of sp³-hybridized carbons (Fsp3) is 0.364. The Kier molecular flexibility index (Phi) is 6.49. The van der Waals surface area contributed by atoms with E-state index in [0.29, 0.717) is 12.8 Å². The molecule has 0 N–H and O–H groups in total. The number of nitrogens with zero attached hydrogens (tertiary/aromatic N) is 3. The summed E-state index contributed by atoms with van der Waals surface area (Å²) < 4.78 is 18.9. The molecule has 28 heavy (non-hydrogen) atoms. The minimum Gasteiger partial charge on any atom is -0.426 e. The van der Waals surface area contributed by atoms with Crippen LogP contribution in [0.25, 0.3) is 0 Å². The van der Waals surface area contributed by atoms with Gasteiger partial charge in [0.05, 0.1) is 11.5 Å². The number of carbonyl (C=O) groups excluding carboxylic acids is 1. The van der Waals surface area contributed by atoms with Crippen molar-refractivity contribution in [1.82, 2.24) is 9.97 Å². The molecule has 6 heteroatoms. The molecule has 1 fully saturated rings. The highest BCUT2D eigenvalue weighted by Gasteiger charge is 2.29. The maximum absolute atomic E-state index is 13.6. The van der Waals surface area contributed by atoms with Crippen molar-refractivity contribution in [3.63, 3.8) is 0 Å². The molecular formula is C22H22FN3O2. The average Bonchev–Trinajstić information content (AvgIpc) is 2.73. The SMILES string of the molecule is C=CCCc1cnc(C2CCC(C(=O)Oc3ccc(C#N)c(F)c3)CC2)nc1. The zero-order chi connectivity index (χ0) is 19.9. The lowest BCUT2D eigenvalue weighted by Crippen LogP contribution is -2.25. The molecule has 0 radical (unpaired) electrons. The van der Waals surface area contributed by atoms with Crippen molar-refractivity contribution in [3.05, 3.63) is 66.0 Å². The Morgan fingerprint density at radius 2 is 2.00 bits per heavy atom. The maximum atomic E-state index is 13.6. The number of hydrogen-bond acceptors (Lipinski definition) is 5. The number of allylic oxidation sites excluding steroid dienone is 1. The molecule has 0 saturated heterocycles. The molecule has 144 valence electrons. The summed E-state index contributed by atoms with van der Waals surface area (Å²) in [4.78, 5) is 21.4. The second-order valence-electron chi connectivity index (χ2n) is 7.00. The third kappa shape index (κ3) is 4.80. The molecule has 1 aliphatic carbocycles. The van der Waals surface area contributed by atoms with Gasteiger partial charge in [-0.1, -0.05) is 6.08 Å². The second-order valence-corrected chi connectivity index (χ2v) is 7.00. The number of hydrogen-bond donors (Lipinski definition) is 0. The minimum atomic E-state index is -0.690. The van der Waals surface area contributed by atoms with E-state index in [0.717, 1.165) is 43.1 Å². The lowest BCUT2D eigenvalue weighted by Gasteiger charge is -2.26. The van der Waals surface area contributed by atoms with Crippen LogP contribution in [0.15, 0.2) is 43.2 Å². The van der Waals surface area contributed by atoms with Gasteiger partial charge in [-0.05, 0) is 56.2 Å². The first-order valence-electron chi connectivity index (χ1n) is 9.43. The zero-order valence-electron chi connectivity index (χ0n) is 15.6. The number of ether oxygens (including phenoxy) is 1. The van der Waals surface area contributed by atoms with Crippen LogP contribution >= 0.6 is 0 Å². The molecule has 2 aromatic rings. The quantitative estimate of drug-likeness (QED) is 0.420. The van der Waals surface area contributed by atoms with Crippen LogP contribution in [0.3, 0.4) is 0 Å². The first-order valence-corrected chi connectivity index (χ1v) is 9.43. The molecule has 0 bridgehead atoms. The summed E-state index contributed by atoms with van der Waals surface area (Å²) in [5.41, 5.74) is 1.02. The third-order valence-electron chi connectivity index (χ3n) is 5.07. The summed E-state index contributed by atoms with van der Waals surface area (Å²) in [6.45, 7) is 3.72. The third-order valence-corrected chi connectivity index (χ3v) is 5.07. The Balaban J connectivity index is 1.53. The van der Waals surface area contributed by atoms with Crippen LogP contribution in [0.1, 0.15) is 55.0 Å². The Morgan fingerprint density at radius 3 is 2.61 bits per heavy atom. The number of rotatable bonds is 6. The highest BCUT2D eigenvalue weighted by Crippen LogP contribution is 2.35. The number of halogens is 1. The average molecular weight is 379 g/mol. The van der Waals surface area contributed by atoms with Crippen molar-refractivity contribution in [1.29, 1.82) is 5.26 Å². The van der Waals surface area contributed by atoms with Crippen LogP contribution in [-0.2, 0) is 11.2 Å². The number of aromatic nitrogens is 2. The number of aryl methyl sites for hydroxylation is 1. The summed E-state index contributed by atoms with van der Waals surface area (Å²) in [6.07, 6.45) is 10.4. The van der Waals surface area contributed by atoms with Crippen molar-refractivity contribution < 1.29 is 13.9 Å². The van der Waals surface area contributed by atoms with Crippen molar-refractivity contribution in [2.75, 3.05) is 0 Å². The van der Waals surface area contributed by atoms with Crippen LogP contribution in [0, 0.1) is 23.1 Å². The summed E-state index contributed by atoms with van der Waals surface area (Å²) >= 11 is 0. The van der Waals surface area contributed by atoms with Gasteiger partial charge in [-0.3, -0.25) is 4.79 Å². The first-order chi connectivity index (χ1) is 13.6. The molecule has 0 aliphatic heterocycles. The molecule has 1 aromatic heterocycles. The highest BCUT2D eigenvalue weighted by atomic mass is 19.1.